The molecule has 0 spiro atoms. The van der Waals surface area contributed by atoms with Crippen molar-refractivity contribution in [1.29, 1.82) is 0 Å². The Morgan fingerprint density at radius 3 is 2.92 bits per heavy atom. The molecule has 0 saturated heterocycles. The maximum absolute atomic E-state index is 12.2. The summed E-state index contributed by atoms with van der Waals surface area (Å²) in [5, 5.41) is 3.63. The van der Waals surface area contributed by atoms with Gasteiger partial charge in [0.1, 0.15) is 0 Å². The minimum absolute atomic E-state index is 0.0409. The molecule has 2 heterocycles. The molecule has 0 unspecified atom stereocenters. The van der Waals surface area contributed by atoms with E-state index >= 15 is 0 Å². The van der Waals surface area contributed by atoms with Crippen LogP contribution in [0.4, 0.5) is 0 Å². The van der Waals surface area contributed by atoms with Gasteiger partial charge in [0, 0.05) is 48.6 Å². The largest absolute Gasteiger partial charge is 0.361 e. The third-order valence-electron chi connectivity index (χ3n) is 3.78. The highest BCUT2D eigenvalue weighted by Crippen LogP contribution is 2.14. The molecular formula is C18H18N4O2. The smallest absolute Gasteiger partial charge is 0.251 e. The van der Waals surface area contributed by atoms with Crippen molar-refractivity contribution in [1.82, 2.24) is 20.2 Å². The maximum Gasteiger partial charge on any atom is 0.251 e. The second kappa shape index (κ2) is 6.95. The summed E-state index contributed by atoms with van der Waals surface area (Å²) in [4.78, 5) is 33.0. The first kappa shape index (κ1) is 15.7. The number of aromatic amines is 1. The Bertz CT molecular complexity index is 858. The van der Waals surface area contributed by atoms with Crippen LogP contribution >= 0.6 is 0 Å². The van der Waals surface area contributed by atoms with Gasteiger partial charge in [-0.05, 0) is 35.9 Å². The molecule has 0 bridgehead atoms. The number of amides is 2. The number of H-pyrrole nitrogens is 1. The number of nitrogens with zero attached hydrogens (tertiary/aromatic N) is 2. The van der Waals surface area contributed by atoms with Gasteiger partial charge >= 0.3 is 0 Å². The molecule has 0 fully saturated rings. The predicted octanol–water partition coefficient (Wildman–Crippen LogP) is 1.95. The van der Waals surface area contributed by atoms with Crippen molar-refractivity contribution in [2.24, 2.45) is 0 Å². The number of pyridine rings is 1. The van der Waals surface area contributed by atoms with Crippen LogP contribution in [0.2, 0.25) is 0 Å². The van der Waals surface area contributed by atoms with Crippen molar-refractivity contribution in [2.45, 2.75) is 6.54 Å². The zero-order chi connectivity index (χ0) is 16.9. The molecule has 6 heteroatoms. The van der Waals surface area contributed by atoms with Crippen molar-refractivity contribution in [3.05, 3.63) is 66.1 Å². The van der Waals surface area contributed by atoms with E-state index in [1.165, 1.54) is 0 Å². The number of fused-ring (bicyclic) bond motifs is 1. The molecule has 0 aliphatic carbocycles. The first-order valence-corrected chi connectivity index (χ1v) is 7.62. The van der Waals surface area contributed by atoms with Gasteiger partial charge in [0.15, 0.2) is 0 Å². The number of aromatic nitrogens is 2. The molecule has 0 saturated carbocycles. The van der Waals surface area contributed by atoms with Crippen molar-refractivity contribution in [2.75, 3.05) is 13.6 Å². The second-order valence-corrected chi connectivity index (χ2v) is 5.57. The minimum Gasteiger partial charge on any atom is -0.361 e. The molecule has 0 aliphatic heterocycles. The normalized spacial score (nSPS) is 10.5. The van der Waals surface area contributed by atoms with Gasteiger partial charge < -0.3 is 15.2 Å². The number of carbonyl (C=O) groups excluding carboxylic acids is 2. The minimum atomic E-state index is -0.263. The van der Waals surface area contributed by atoms with E-state index in [1.54, 1.807) is 36.5 Å². The number of likely N-dealkylation sites (N-methyl/N-ethyl adjacent to an activating group) is 1. The van der Waals surface area contributed by atoms with E-state index in [1.807, 2.05) is 30.5 Å². The van der Waals surface area contributed by atoms with Crippen LogP contribution in [0.5, 0.6) is 0 Å². The summed E-state index contributed by atoms with van der Waals surface area (Å²) in [6, 6.07) is 11.0. The fourth-order valence-electron chi connectivity index (χ4n) is 2.44. The van der Waals surface area contributed by atoms with Gasteiger partial charge in [-0.25, -0.2) is 0 Å². The molecule has 122 valence electrons. The van der Waals surface area contributed by atoms with Crippen LogP contribution in [0.25, 0.3) is 10.9 Å². The topological polar surface area (TPSA) is 78.1 Å². The molecular weight excluding hydrogens is 304 g/mol. The predicted molar refractivity (Wildman–Crippen MR) is 91.3 cm³/mol. The molecule has 2 N–H and O–H groups in total. The molecule has 0 aliphatic rings. The molecule has 3 aromatic rings. The molecule has 2 amide bonds. The number of nitrogens with one attached hydrogen (secondary N) is 2. The highest BCUT2D eigenvalue weighted by Gasteiger charge is 2.12. The zero-order valence-electron chi connectivity index (χ0n) is 13.3. The monoisotopic (exact) mass is 322 g/mol. The van der Waals surface area contributed by atoms with Crippen LogP contribution in [-0.4, -0.2) is 40.3 Å². The SMILES string of the molecule is CN(Cc1cccnc1)C(=O)CNC(=O)c1ccc2[nH]ccc2c1. The number of carbonyl (C=O) groups is 2. The van der Waals surface area contributed by atoms with E-state index in [0.717, 1.165) is 16.5 Å². The number of hydrogen-bond acceptors (Lipinski definition) is 3. The quantitative estimate of drug-likeness (QED) is 0.753. The summed E-state index contributed by atoms with van der Waals surface area (Å²) < 4.78 is 0. The lowest BCUT2D eigenvalue weighted by molar-refractivity contribution is -0.129. The lowest BCUT2D eigenvalue weighted by atomic mass is 10.1. The first-order chi connectivity index (χ1) is 11.6. The number of benzene rings is 1. The van der Waals surface area contributed by atoms with Gasteiger partial charge in [0.2, 0.25) is 5.91 Å². The van der Waals surface area contributed by atoms with E-state index < -0.39 is 0 Å². The molecule has 6 nitrogen and oxygen atoms in total. The molecule has 2 aromatic heterocycles. The Kier molecular flexibility index (Phi) is 4.56. The lowest BCUT2D eigenvalue weighted by Crippen LogP contribution is -2.37. The van der Waals surface area contributed by atoms with Crippen LogP contribution in [-0.2, 0) is 11.3 Å². The number of hydrogen-bond donors (Lipinski definition) is 2. The first-order valence-electron chi connectivity index (χ1n) is 7.62. The highest BCUT2D eigenvalue weighted by atomic mass is 16.2. The van der Waals surface area contributed by atoms with Crippen LogP contribution in [0.3, 0.4) is 0 Å². The summed E-state index contributed by atoms with van der Waals surface area (Å²) in [5.41, 5.74) is 2.45. The standard InChI is InChI=1S/C18H18N4O2/c1-22(12-13-3-2-7-19-10-13)17(23)11-21-18(24)15-4-5-16-14(9-15)6-8-20-16/h2-10,20H,11-12H2,1H3,(H,21,24). The van der Waals surface area contributed by atoms with Crippen molar-refractivity contribution >= 4 is 22.7 Å². The van der Waals surface area contributed by atoms with Gasteiger partial charge in [-0.1, -0.05) is 6.07 Å². The lowest BCUT2D eigenvalue weighted by Gasteiger charge is -2.17. The Balaban J connectivity index is 1.56. The Morgan fingerprint density at radius 2 is 2.12 bits per heavy atom. The Labute approximate surface area is 139 Å². The fourth-order valence-corrected chi connectivity index (χ4v) is 2.44. The molecule has 1 aromatic carbocycles. The van der Waals surface area contributed by atoms with Crippen LogP contribution in [0.1, 0.15) is 15.9 Å². The van der Waals surface area contributed by atoms with Gasteiger partial charge in [0.25, 0.3) is 5.91 Å². The zero-order valence-corrected chi connectivity index (χ0v) is 13.3. The third-order valence-corrected chi connectivity index (χ3v) is 3.78. The average Bonchev–Trinajstić information content (AvgIpc) is 3.07. The van der Waals surface area contributed by atoms with E-state index in [2.05, 4.69) is 15.3 Å². The van der Waals surface area contributed by atoms with Gasteiger partial charge in [-0.15, -0.1) is 0 Å². The van der Waals surface area contributed by atoms with E-state index in [9.17, 15) is 9.59 Å². The number of rotatable bonds is 5. The fraction of sp³-hybridized carbons (Fsp3) is 0.167. The van der Waals surface area contributed by atoms with Crippen molar-refractivity contribution in [3.63, 3.8) is 0 Å². The van der Waals surface area contributed by atoms with E-state index in [0.29, 0.717) is 12.1 Å². The summed E-state index contributed by atoms with van der Waals surface area (Å²) in [6.45, 7) is 0.415. The molecule has 3 rings (SSSR count). The van der Waals surface area contributed by atoms with E-state index in [-0.39, 0.29) is 18.4 Å². The maximum atomic E-state index is 12.2. The average molecular weight is 322 g/mol. The summed E-state index contributed by atoms with van der Waals surface area (Å²) >= 11 is 0. The van der Waals surface area contributed by atoms with Gasteiger partial charge in [-0.2, -0.15) is 0 Å². The summed E-state index contributed by atoms with van der Waals surface area (Å²) in [5.74, 6) is -0.420. The summed E-state index contributed by atoms with van der Waals surface area (Å²) in [7, 11) is 1.70. The van der Waals surface area contributed by atoms with Crippen LogP contribution in [0.15, 0.2) is 55.0 Å². The van der Waals surface area contributed by atoms with Crippen LogP contribution in [0, 0.1) is 0 Å². The third kappa shape index (κ3) is 3.60. The van der Waals surface area contributed by atoms with Gasteiger partial charge in [-0.3, -0.25) is 14.6 Å². The van der Waals surface area contributed by atoms with Crippen LogP contribution < -0.4 is 5.32 Å². The Hall–Kier alpha value is -3.15. The van der Waals surface area contributed by atoms with Gasteiger partial charge in [0.05, 0.1) is 6.54 Å². The van der Waals surface area contributed by atoms with Crippen molar-refractivity contribution < 1.29 is 9.59 Å². The second-order valence-electron chi connectivity index (χ2n) is 5.57. The molecule has 0 radical (unpaired) electrons. The van der Waals surface area contributed by atoms with E-state index in [4.69, 9.17) is 0 Å². The molecule has 0 atom stereocenters. The summed E-state index contributed by atoms with van der Waals surface area (Å²) in [6.07, 6.45) is 5.23. The van der Waals surface area contributed by atoms with Crippen molar-refractivity contribution in [3.8, 4) is 0 Å². The molecule has 24 heavy (non-hydrogen) atoms. The Morgan fingerprint density at radius 1 is 1.25 bits per heavy atom. The highest BCUT2D eigenvalue weighted by molar-refractivity contribution is 5.99.